The van der Waals surface area contributed by atoms with E-state index in [4.69, 9.17) is 0 Å². The molecule has 0 amide bonds. The summed E-state index contributed by atoms with van der Waals surface area (Å²) in [5.41, 5.74) is 1.48. The largest absolute Gasteiger partial charge is 0.317 e. The molecule has 1 aromatic carbocycles. The van der Waals surface area contributed by atoms with E-state index in [-0.39, 0.29) is 0 Å². The highest BCUT2D eigenvalue weighted by Gasteiger charge is 2.16. The minimum absolute atomic E-state index is 0.923. The number of rotatable bonds is 9. The first-order valence-corrected chi connectivity index (χ1v) is 8.85. The molecule has 1 N–H and O–H groups in total. The van der Waals surface area contributed by atoms with Crippen LogP contribution in [0.25, 0.3) is 0 Å². The van der Waals surface area contributed by atoms with Crippen LogP contribution in [0, 0.1) is 5.92 Å². The number of nitrogens with zero attached hydrogens (tertiary/aromatic N) is 1. The van der Waals surface area contributed by atoms with Crippen LogP contribution in [0.5, 0.6) is 0 Å². The van der Waals surface area contributed by atoms with Crippen LogP contribution < -0.4 is 5.32 Å². The van der Waals surface area contributed by atoms with Crippen molar-refractivity contribution in [3.05, 3.63) is 35.9 Å². The molecule has 1 aliphatic rings. The van der Waals surface area contributed by atoms with Crippen LogP contribution >= 0.6 is 0 Å². The Balaban J connectivity index is 1.64. The van der Waals surface area contributed by atoms with Crippen molar-refractivity contribution in [3.8, 4) is 0 Å². The first-order valence-electron chi connectivity index (χ1n) is 8.85. The molecule has 0 radical (unpaired) electrons. The van der Waals surface area contributed by atoms with E-state index < -0.39 is 0 Å². The highest BCUT2D eigenvalue weighted by atomic mass is 15.1. The van der Waals surface area contributed by atoms with Gasteiger partial charge in [-0.2, -0.15) is 0 Å². The molecule has 2 nitrogen and oxygen atoms in total. The average molecular weight is 288 g/mol. The molecule has 0 bridgehead atoms. The number of hydrogen-bond acceptors (Lipinski definition) is 2. The third-order valence-electron chi connectivity index (χ3n) is 4.55. The Morgan fingerprint density at radius 3 is 2.52 bits per heavy atom. The molecule has 0 atom stereocenters. The lowest BCUT2D eigenvalue weighted by Crippen LogP contribution is -2.37. The van der Waals surface area contributed by atoms with E-state index in [1.165, 1.54) is 76.8 Å². The van der Waals surface area contributed by atoms with E-state index in [9.17, 15) is 0 Å². The number of nitrogens with one attached hydrogen (secondary N) is 1. The summed E-state index contributed by atoms with van der Waals surface area (Å²) < 4.78 is 0. The van der Waals surface area contributed by atoms with Gasteiger partial charge in [-0.25, -0.2) is 0 Å². The summed E-state index contributed by atoms with van der Waals surface area (Å²) in [6.07, 6.45) is 7.89. The van der Waals surface area contributed by atoms with Crippen LogP contribution in [0.1, 0.15) is 44.6 Å². The monoisotopic (exact) mass is 288 g/mol. The van der Waals surface area contributed by atoms with Crippen LogP contribution in [0.15, 0.2) is 30.3 Å². The van der Waals surface area contributed by atoms with Crippen molar-refractivity contribution in [2.75, 3.05) is 32.7 Å². The molecule has 0 aromatic heterocycles. The zero-order valence-electron chi connectivity index (χ0n) is 13.7. The van der Waals surface area contributed by atoms with E-state index in [1.807, 2.05) is 0 Å². The fourth-order valence-electron chi connectivity index (χ4n) is 3.35. The zero-order valence-corrected chi connectivity index (χ0v) is 13.7. The lowest BCUT2D eigenvalue weighted by atomic mass is 9.97. The Hall–Kier alpha value is -0.860. The van der Waals surface area contributed by atoms with E-state index >= 15 is 0 Å². The van der Waals surface area contributed by atoms with Gasteiger partial charge in [0.25, 0.3) is 0 Å². The Labute approximate surface area is 130 Å². The van der Waals surface area contributed by atoms with Gasteiger partial charge in [-0.05, 0) is 76.2 Å². The predicted octanol–water partition coefficient (Wildman–Crippen LogP) is 3.72. The predicted molar refractivity (Wildman–Crippen MR) is 91.7 cm³/mol. The molecular weight excluding hydrogens is 256 g/mol. The molecule has 0 spiro atoms. The fourth-order valence-corrected chi connectivity index (χ4v) is 3.35. The highest BCUT2D eigenvalue weighted by Crippen LogP contribution is 2.14. The lowest BCUT2D eigenvalue weighted by molar-refractivity contribution is 0.202. The summed E-state index contributed by atoms with van der Waals surface area (Å²) in [5, 5.41) is 3.47. The van der Waals surface area contributed by atoms with Crippen molar-refractivity contribution in [3.63, 3.8) is 0 Å². The van der Waals surface area contributed by atoms with Gasteiger partial charge in [-0.1, -0.05) is 37.3 Å². The first kappa shape index (κ1) is 16.5. The van der Waals surface area contributed by atoms with Gasteiger partial charge in [-0.3, -0.25) is 0 Å². The van der Waals surface area contributed by atoms with E-state index in [0.717, 1.165) is 5.92 Å². The summed E-state index contributed by atoms with van der Waals surface area (Å²) in [4.78, 5) is 2.71. The smallest absolute Gasteiger partial charge is 0.00106 e. The molecule has 2 heteroatoms. The van der Waals surface area contributed by atoms with Crippen LogP contribution in [-0.2, 0) is 6.42 Å². The Morgan fingerprint density at radius 2 is 1.81 bits per heavy atom. The Morgan fingerprint density at radius 1 is 1.05 bits per heavy atom. The van der Waals surface area contributed by atoms with Crippen molar-refractivity contribution in [2.24, 2.45) is 5.92 Å². The Bertz CT molecular complexity index is 357. The van der Waals surface area contributed by atoms with Gasteiger partial charge in [0.05, 0.1) is 0 Å². The second-order valence-electron chi connectivity index (χ2n) is 6.44. The SMILES string of the molecule is CCCN(CCCCc1ccccc1)CC1CCNCC1. The molecule has 0 aliphatic carbocycles. The normalized spacial score (nSPS) is 16.5. The molecular formula is C19H32N2. The van der Waals surface area contributed by atoms with Crippen molar-refractivity contribution in [1.82, 2.24) is 10.2 Å². The molecule has 1 aliphatic heterocycles. The maximum Gasteiger partial charge on any atom is 0.00106 e. The first-order chi connectivity index (χ1) is 10.4. The number of unbranched alkanes of at least 4 members (excludes halogenated alkanes) is 1. The summed E-state index contributed by atoms with van der Waals surface area (Å²) in [6.45, 7) is 8.62. The second kappa shape index (κ2) is 9.97. The van der Waals surface area contributed by atoms with Gasteiger partial charge in [0, 0.05) is 6.54 Å². The van der Waals surface area contributed by atoms with Gasteiger partial charge in [0.1, 0.15) is 0 Å². The number of piperidine rings is 1. The van der Waals surface area contributed by atoms with Crippen LogP contribution in [-0.4, -0.2) is 37.6 Å². The minimum atomic E-state index is 0.923. The van der Waals surface area contributed by atoms with Crippen LogP contribution in [0.4, 0.5) is 0 Å². The summed E-state index contributed by atoms with van der Waals surface area (Å²) in [5.74, 6) is 0.923. The standard InChI is InChI=1S/C19H32N2/c1-2-15-21(17-19-11-13-20-14-12-19)16-7-6-10-18-8-4-3-5-9-18/h3-5,8-9,19-20H,2,6-7,10-17H2,1H3. The van der Waals surface area contributed by atoms with Gasteiger partial charge < -0.3 is 10.2 Å². The molecule has 1 fully saturated rings. The summed E-state index contributed by atoms with van der Waals surface area (Å²) >= 11 is 0. The lowest BCUT2D eigenvalue weighted by Gasteiger charge is -2.30. The Kier molecular flexibility index (Phi) is 7.83. The molecule has 118 valence electrons. The third-order valence-corrected chi connectivity index (χ3v) is 4.55. The summed E-state index contributed by atoms with van der Waals surface area (Å²) in [6, 6.07) is 10.9. The quantitative estimate of drug-likeness (QED) is 0.697. The van der Waals surface area contributed by atoms with Crippen LogP contribution in [0.3, 0.4) is 0 Å². The maximum atomic E-state index is 3.47. The number of hydrogen-bond donors (Lipinski definition) is 1. The fraction of sp³-hybridized carbons (Fsp3) is 0.684. The second-order valence-corrected chi connectivity index (χ2v) is 6.44. The van der Waals surface area contributed by atoms with Gasteiger partial charge in [0.15, 0.2) is 0 Å². The van der Waals surface area contributed by atoms with Crippen LogP contribution in [0.2, 0.25) is 0 Å². The molecule has 1 saturated heterocycles. The van der Waals surface area contributed by atoms with Crippen molar-refractivity contribution >= 4 is 0 Å². The average Bonchev–Trinajstić information content (AvgIpc) is 2.54. The van der Waals surface area contributed by atoms with E-state index in [0.29, 0.717) is 0 Å². The third kappa shape index (κ3) is 6.62. The molecule has 2 rings (SSSR count). The molecule has 21 heavy (non-hydrogen) atoms. The summed E-state index contributed by atoms with van der Waals surface area (Å²) in [7, 11) is 0. The van der Waals surface area contributed by atoms with Crippen molar-refractivity contribution in [1.29, 1.82) is 0 Å². The van der Waals surface area contributed by atoms with Crippen molar-refractivity contribution in [2.45, 2.75) is 45.4 Å². The minimum Gasteiger partial charge on any atom is -0.317 e. The molecule has 1 aromatic rings. The molecule has 1 heterocycles. The molecule has 0 unspecified atom stereocenters. The number of benzene rings is 1. The van der Waals surface area contributed by atoms with Crippen molar-refractivity contribution < 1.29 is 0 Å². The van der Waals surface area contributed by atoms with E-state index in [2.05, 4.69) is 47.5 Å². The number of aryl methyl sites for hydroxylation is 1. The zero-order chi connectivity index (χ0) is 14.8. The van der Waals surface area contributed by atoms with Gasteiger partial charge in [-0.15, -0.1) is 0 Å². The van der Waals surface area contributed by atoms with Gasteiger partial charge >= 0.3 is 0 Å². The topological polar surface area (TPSA) is 15.3 Å². The maximum absolute atomic E-state index is 3.47. The molecule has 0 saturated carbocycles. The van der Waals surface area contributed by atoms with Gasteiger partial charge in [0.2, 0.25) is 0 Å². The highest BCUT2D eigenvalue weighted by molar-refractivity contribution is 5.14. The van der Waals surface area contributed by atoms with E-state index in [1.54, 1.807) is 0 Å².